The molecule has 0 spiro atoms. The number of ether oxygens (including phenoxy) is 1. The number of carboxylic acid groups (broad SMARTS) is 1. The lowest BCUT2D eigenvalue weighted by Crippen LogP contribution is -2.17. The van der Waals surface area contributed by atoms with Crippen LogP contribution in [0.4, 0.5) is 24.8 Å². The average molecular weight is 469 g/mol. The SMILES string of the molecule is C[C@@H](c1ccccc1)n1c(Nc2ccc(OC(F)(F)F)cc2)nc2cc(CCC(=O)O)ccc21. The van der Waals surface area contributed by atoms with Crippen molar-refractivity contribution in [3.05, 3.63) is 83.9 Å². The van der Waals surface area contributed by atoms with Crippen LogP contribution in [0.5, 0.6) is 5.75 Å². The molecule has 0 unspecified atom stereocenters. The highest BCUT2D eigenvalue weighted by molar-refractivity contribution is 5.81. The maximum Gasteiger partial charge on any atom is 0.573 e. The lowest BCUT2D eigenvalue weighted by atomic mass is 10.1. The normalized spacial score (nSPS) is 12.5. The van der Waals surface area contributed by atoms with Crippen LogP contribution < -0.4 is 10.1 Å². The van der Waals surface area contributed by atoms with Gasteiger partial charge in [-0.2, -0.15) is 0 Å². The molecule has 4 rings (SSSR count). The molecule has 0 fully saturated rings. The van der Waals surface area contributed by atoms with E-state index in [1.54, 1.807) is 0 Å². The molecule has 0 radical (unpaired) electrons. The molecule has 34 heavy (non-hydrogen) atoms. The highest BCUT2D eigenvalue weighted by Gasteiger charge is 2.31. The minimum absolute atomic E-state index is 0.0179. The van der Waals surface area contributed by atoms with Gasteiger partial charge in [-0.15, -0.1) is 13.2 Å². The number of hydrogen-bond acceptors (Lipinski definition) is 4. The van der Waals surface area contributed by atoms with Crippen LogP contribution in [0.1, 0.15) is 30.5 Å². The van der Waals surface area contributed by atoms with Gasteiger partial charge in [-0.1, -0.05) is 36.4 Å². The van der Waals surface area contributed by atoms with E-state index in [4.69, 9.17) is 10.1 Å². The van der Waals surface area contributed by atoms with Crippen LogP contribution in [0.3, 0.4) is 0 Å². The fourth-order valence-electron chi connectivity index (χ4n) is 3.78. The number of anilines is 2. The van der Waals surface area contributed by atoms with Crippen molar-refractivity contribution in [2.45, 2.75) is 32.2 Å². The molecular formula is C25H22F3N3O3. The first kappa shape index (κ1) is 23.2. The summed E-state index contributed by atoms with van der Waals surface area (Å²) in [4.78, 5) is 15.7. The molecule has 176 valence electrons. The summed E-state index contributed by atoms with van der Waals surface area (Å²) in [6.45, 7) is 2.03. The van der Waals surface area contributed by atoms with Gasteiger partial charge in [0.2, 0.25) is 5.95 Å². The maximum atomic E-state index is 12.5. The van der Waals surface area contributed by atoms with Crippen molar-refractivity contribution in [1.82, 2.24) is 9.55 Å². The third kappa shape index (κ3) is 5.48. The summed E-state index contributed by atoms with van der Waals surface area (Å²) in [7, 11) is 0. The van der Waals surface area contributed by atoms with Crippen molar-refractivity contribution in [1.29, 1.82) is 0 Å². The van der Waals surface area contributed by atoms with Crippen LogP contribution in [0, 0.1) is 0 Å². The van der Waals surface area contributed by atoms with Crippen molar-refractivity contribution in [3.63, 3.8) is 0 Å². The number of carboxylic acids is 1. The Labute approximate surface area is 193 Å². The molecule has 0 bridgehead atoms. The second kappa shape index (κ2) is 9.46. The highest BCUT2D eigenvalue weighted by Crippen LogP contribution is 2.32. The molecule has 0 aliphatic carbocycles. The van der Waals surface area contributed by atoms with Crippen LogP contribution in [0.15, 0.2) is 72.8 Å². The van der Waals surface area contributed by atoms with Gasteiger partial charge >= 0.3 is 12.3 Å². The lowest BCUT2D eigenvalue weighted by molar-refractivity contribution is -0.274. The number of carbonyl (C=O) groups is 1. The summed E-state index contributed by atoms with van der Waals surface area (Å²) in [5, 5.41) is 12.2. The van der Waals surface area contributed by atoms with Crippen LogP contribution in [-0.4, -0.2) is 27.0 Å². The largest absolute Gasteiger partial charge is 0.573 e. The van der Waals surface area contributed by atoms with Crippen molar-refractivity contribution >= 4 is 28.6 Å². The molecule has 4 aromatic rings. The van der Waals surface area contributed by atoms with E-state index in [2.05, 4.69) is 10.1 Å². The number of aromatic nitrogens is 2. The molecule has 1 aromatic heterocycles. The topological polar surface area (TPSA) is 76.4 Å². The summed E-state index contributed by atoms with van der Waals surface area (Å²) in [5.74, 6) is -0.679. The van der Waals surface area contributed by atoms with Gasteiger partial charge in [-0.05, 0) is 60.9 Å². The molecule has 0 aliphatic heterocycles. The quantitative estimate of drug-likeness (QED) is 0.317. The predicted octanol–water partition coefficient (Wildman–Crippen LogP) is 6.31. The molecule has 0 aliphatic rings. The first-order valence-corrected chi connectivity index (χ1v) is 10.6. The van der Waals surface area contributed by atoms with Gasteiger partial charge in [-0.3, -0.25) is 4.79 Å². The summed E-state index contributed by atoms with van der Waals surface area (Å²) < 4.78 is 43.3. The zero-order valence-corrected chi connectivity index (χ0v) is 18.2. The van der Waals surface area contributed by atoms with Gasteiger partial charge < -0.3 is 19.7 Å². The molecular weight excluding hydrogens is 447 g/mol. The molecule has 0 amide bonds. The second-order valence-electron chi connectivity index (χ2n) is 7.81. The molecule has 0 saturated carbocycles. The van der Waals surface area contributed by atoms with E-state index in [0.717, 1.165) is 16.6 Å². The second-order valence-corrected chi connectivity index (χ2v) is 7.81. The van der Waals surface area contributed by atoms with Gasteiger partial charge in [0.05, 0.1) is 17.1 Å². The summed E-state index contributed by atoms with van der Waals surface area (Å²) >= 11 is 0. The average Bonchev–Trinajstić information content (AvgIpc) is 3.15. The minimum atomic E-state index is -4.76. The number of fused-ring (bicyclic) bond motifs is 1. The Morgan fingerprint density at radius 3 is 2.44 bits per heavy atom. The number of hydrogen-bond donors (Lipinski definition) is 2. The number of nitrogens with one attached hydrogen (secondary N) is 1. The Hall–Kier alpha value is -4.01. The molecule has 9 heteroatoms. The van der Waals surface area contributed by atoms with Gasteiger partial charge in [0.15, 0.2) is 0 Å². The number of imidazole rings is 1. The Morgan fingerprint density at radius 1 is 1.09 bits per heavy atom. The van der Waals surface area contributed by atoms with Gasteiger partial charge in [0, 0.05) is 12.1 Å². The minimum Gasteiger partial charge on any atom is -0.481 e. The monoisotopic (exact) mass is 469 g/mol. The number of alkyl halides is 3. The number of aliphatic carboxylic acids is 1. The summed E-state index contributed by atoms with van der Waals surface area (Å²) in [6, 6.07) is 20.8. The van der Waals surface area contributed by atoms with Crippen LogP contribution in [0.25, 0.3) is 11.0 Å². The third-order valence-corrected chi connectivity index (χ3v) is 5.39. The van der Waals surface area contributed by atoms with Gasteiger partial charge in [-0.25, -0.2) is 4.98 Å². The van der Waals surface area contributed by atoms with E-state index in [0.29, 0.717) is 23.6 Å². The summed E-state index contributed by atoms with van der Waals surface area (Å²) in [6.07, 6.45) is -4.35. The number of rotatable bonds is 8. The molecule has 2 N–H and O–H groups in total. The van der Waals surface area contributed by atoms with Crippen molar-refractivity contribution in [2.75, 3.05) is 5.32 Å². The number of benzene rings is 3. The smallest absolute Gasteiger partial charge is 0.481 e. The lowest BCUT2D eigenvalue weighted by Gasteiger charge is -2.19. The standard InChI is InChI=1S/C25H22F3N3O3/c1-16(18-5-3-2-4-6-18)31-22-13-7-17(8-14-23(32)33)15-21(22)30-24(31)29-19-9-11-20(12-10-19)34-25(26,27)28/h2-7,9-13,15-16H,8,14H2,1H3,(H,29,30)(H,32,33)/t16-/m0/s1. The predicted molar refractivity (Wildman–Crippen MR) is 122 cm³/mol. The third-order valence-electron chi connectivity index (χ3n) is 5.39. The van der Waals surface area contributed by atoms with Gasteiger partial charge in [0.1, 0.15) is 5.75 Å². The summed E-state index contributed by atoms with van der Waals surface area (Å²) in [5.41, 5.74) is 3.97. The van der Waals surface area contributed by atoms with Crippen LogP contribution in [-0.2, 0) is 11.2 Å². The van der Waals surface area contributed by atoms with Crippen molar-refractivity contribution in [3.8, 4) is 5.75 Å². The number of nitrogens with zero attached hydrogens (tertiary/aromatic N) is 2. The highest BCUT2D eigenvalue weighted by atomic mass is 19.4. The van der Waals surface area contributed by atoms with Crippen LogP contribution >= 0.6 is 0 Å². The molecule has 3 aromatic carbocycles. The van der Waals surface area contributed by atoms with E-state index >= 15 is 0 Å². The van der Waals surface area contributed by atoms with Gasteiger partial charge in [0.25, 0.3) is 0 Å². The van der Waals surface area contributed by atoms with E-state index in [1.165, 1.54) is 24.3 Å². The Bertz CT molecular complexity index is 1290. The fourth-order valence-corrected chi connectivity index (χ4v) is 3.78. The molecule has 1 heterocycles. The first-order valence-electron chi connectivity index (χ1n) is 10.6. The van der Waals surface area contributed by atoms with E-state index in [9.17, 15) is 18.0 Å². The van der Waals surface area contributed by atoms with E-state index in [1.807, 2.05) is 60.0 Å². The zero-order valence-electron chi connectivity index (χ0n) is 18.2. The zero-order chi connectivity index (χ0) is 24.3. The van der Waals surface area contributed by atoms with Crippen molar-refractivity contribution in [2.24, 2.45) is 0 Å². The number of halogens is 3. The van der Waals surface area contributed by atoms with Crippen molar-refractivity contribution < 1.29 is 27.8 Å². The Kier molecular flexibility index (Phi) is 6.45. The molecule has 1 atom stereocenters. The fraction of sp³-hybridized carbons (Fsp3) is 0.200. The Balaban J connectivity index is 1.70. The maximum absolute atomic E-state index is 12.5. The number of aryl methyl sites for hydroxylation is 1. The van der Waals surface area contributed by atoms with Crippen LogP contribution in [0.2, 0.25) is 0 Å². The molecule has 0 saturated heterocycles. The molecule has 6 nitrogen and oxygen atoms in total. The van der Waals surface area contributed by atoms with E-state index < -0.39 is 12.3 Å². The Morgan fingerprint density at radius 2 is 1.79 bits per heavy atom. The first-order chi connectivity index (χ1) is 16.2. The van der Waals surface area contributed by atoms with E-state index in [-0.39, 0.29) is 18.2 Å².